The first-order valence-electron chi connectivity index (χ1n) is 4.24. The second-order valence-electron chi connectivity index (χ2n) is 2.76. The summed E-state index contributed by atoms with van der Waals surface area (Å²) < 4.78 is 29.8. The number of imidazole rings is 1. The summed E-state index contributed by atoms with van der Waals surface area (Å²) in [7, 11) is 1.60. The van der Waals surface area contributed by atoms with Gasteiger partial charge in [0.05, 0.1) is 18.6 Å². The van der Waals surface area contributed by atoms with Gasteiger partial charge < -0.3 is 10.1 Å². The van der Waals surface area contributed by atoms with E-state index in [1.807, 2.05) is 0 Å². The molecular formula is C8H13F2N3O. The SMILES string of the molecule is COCCNCc1cn(C(F)F)cn1. The molecule has 6 heteroatoms. The molecule has 0 bridgehead atoms. The highest BCUT2D eigenvalue weighted by Gasteiger charge is 2.05. The Kier molecular flexibility index (Phi) is 4.48. The van der Waals surface area contributed by atoms with Gasteiger partial charge in [0, 0.05) is 26.4 Å². The Labute approximate surface area is 80.9 Å². The summed E-state index contributed by atoms with van der Waals surface area (Å²) >= 11 is 0. The highest BCUT2D eigenvalue weighted by Crippen LogP contribution is 2.09. The summed E-state index contributed by atoms with van der Waals surface area (Å²) in [5.41, 5.74) is 0.599. The van der Waals surface area contributed by atoms with E-state index < -0.39 is 6.55 Å². The van der Waals surface area contributed by atoms with E-state index >= 15 is 0 Å². The lowest BCUT2D eigenvalue weighted by Gasteiger charge is -2.00. The smallest absolute Gasteiger partial charge is 0.319 e. The van der Waals surface area contributed by atoms with Gasteiger partial charge in [-0.2, -0.15) is 8.78 Å². The van der Waals surface area contributed by atoms with Crippen LogP contribution >= 0.6 is 0 Å². The van der Waals surface area contributed by atoms with Crippen LogP contribution in [-0.2, 0) is 11.3 Å². The average molecular weight is 205 g/mol. The number of hydrogen-bond acceptors (Lipinski definition) is 3. The number of aromatic nitrogens is 2. The van der Waals surface area contributed by atoms with Gasteiger partial charge in [-0.3, -0.25) is 4.57 Å². The van der Waals surface area contributed by atoms with Crippen molar-refractivity contribution in [2.24, 2.45) is 0 Å². The van der Waals surface area contributed by atoms with Crippen molar-refractivity contribution < 1.29 is 13.5 Å². The second kappa shape index (κ2) is 5.66. The average Bonchev–Trinajstić information content (AvgIpc) is 2.61. The maximum absolute atomic E-state index is 12.1. The molecule has 1 rings (SSSR count). The third-order valence-corrected chi connectivity index (χ3v) is 1.67. The summed E-state index contributed by atoms with van der Waals surface area (Å²) in [6, 6.07) is 0. The van der Waals surface area contributed by atoms with Crippen molar-refractivity contribution in [3.63, 3.8) is 0 Å². The fraction of sp³-hybridized carbons (Fsp3) is 0.625. The molecule has 0 radical (unpaired) electrons. The minimum atomic E-state index is -2.52. The maximum Gasteiger partial charge on any atom is 0.319 e. The molecule has 1 aromatic heterocycles. The minimum absolute atomic E-state index is 0.475. The van der Waals surface area contributed by atoms with Crippen LogP contribution in [0.15, 0.2) is 12.5 Å². The van der Waals surface area contributed by atoms with E-state index in [4.69, 9.17) is 4.74 Å². The van der Waals surface area contributed by atoms with E-state index in [2.05, 4.69) is 10.3 Å². The van der Waals surface area contributed by atoms with Gasteiger partial charge in [-0.05, 0) is 0 Å². The van der Waals surface area contributed by atoms with E-state index in [-0.39, 0.29) is 0 Å². The first kappa shape index (κ1) is 11.1. The van der Waals surface area contributed by atoms with Crippen LogP contribution in [0.4, 0.5) is 8.78 Å². The number of methoxy groups -OCH3 is 1. The van der Waals surface area contributed by atoms with Crippen molar-refractivity contribution >= 4 is 0 Å². The Morgan fingerprint density at radius 2 is 2.43 bits per heavy atom. The quantitative estimate of drug-likeness (QED) is 0.704. The van der Waals surface area contributed by atoms with Gasteiger partial charge >= 0.3 is 6.55 Å². The van der Waals surface area contributed by atoms with Crippen LogP contribution in [0.25, 0.3) is 0 Å². The van der Waals surface area contributed by atoms with Crippen LogP contribution in [0.3, 0.4) is 0 Å². The monoisotopic (exact) mass is 205 g/mol. The highest BCUT2D eigenvalue weighted by molar-refractivity contribution is 4.96. The van der Waals surface area contributed by atoms with Crippen molar-refractivity contribution in [2.45, 2.75) is 13.1 Å². The third kappa shape index (κ3) is 3.39. The molecule has 0 atom stereocenters. The molecule has 4 nitrogen and oxygen atoms in total. The number of alkyl halides is 2. The molecule has 1 aromatic rings. The zero-order chi connectivity index (χ0) is 10.4. The third-order valence-electron chi connectivity index (χ3n) is 1.67. The second-order valence-corrected chi connectivity index (χ2v) is 2.76. The molecule has 0 fully saturated rings. The first-order chi connectivity index (χ1) is 6.74. The number of halogens is 2. The van der Waals surface area contributed by atoms with Crippen LogP contribution in [0.1, 0.15) is 12.2 Å². The molecule has 0 spiro atoms. The number of ether oxygens (including phenoxy) is 1. The molecule has 1 heterocycles. The molecule has 0 aliphatic heterocycles. The predicted molar refractivity (Wildman–Crippen MR) is 47.1 cm³/mol. The molecule has 0 amide bonds. The summed E-state index contributed by atoms with van der Waals surface area (Å²) in [6.45, 7) is -0.772. The fourth-order valence-electron chi connectivity index (χ4n) is 0.968. The topological polar surface area (TPSA) is 39.1 Å². The molecule has 0 saturated heterocycles. The molecule has 80 valence electrons. The van der Waals surface area contributed by atoms with Gasteiger partial charge in [0.25, 0.3) is 0 Å². The van der Waals surface area contributed by atoms with Gasteiger partial charge in [-0.1, -0.05) is 0 Å². The van der Waals surface area contributed by atoms with Crippen LogP contribution in [0.5, 0.6) is 0 Å². The van der Waals surface area contributed by atoms with E-state index in [9.17, 15) is 8.78 Å². The van der Waals surface area contributed by atoms with Crippen molar-refractivity contribution in [2.75, 3.05) is 20.3 Å². The fourth-order valence-corrected chi connectivity index (χ4v) is 0.968. The van der Waals surface area contributed by atoms with Gasteiger partial charge in [-0.15, -0.1) is 0 Å². The van der Waals surface area contributed by atoms with Crippen molar-refractivity contribution in [3.05, 3.63) is 18.2 Å². The van der Waals surface area contributed by atoms with Crippen LogP contribution in [0.2, 0.25) is 0 Å². The maximum atomic E-state index is 12.1. The van der Waals surface area contributed by atoms with Gasteiger partial charge in [0.2, 0.25) is 0 Å². The van der Waals surface area contributed by atoms with Crippen LogP contribution in [0, 0.1) is 0 Å². The Morgan fingerprint density at radius 3 is 3.00 bits per heavy atom. The summed E-state index contributed by atoms with van der Waals surface area (Å²) in [5, 5.41) is 3.01. The summed E-state index contributed by atoms with van der Waals surface area (Å²) in [5.74, 6) is 0. The highest BCUT2D eigenvalue weighted by atomic mass is 19.3. The largest absolute Gasteiger partial charge is 0.383 e. The Balaban J connectivity index is 2.29. The zero-order valence-corrected chi connectivity index (χ0v) is 7.91. The minimum Gasteiger partial charge on any atom is -0.383 e. The number of nitrogens with zero attached hydrogens (tertiary/aromatic N) is 2. The van der Waals surface area contributed by atoms with Crippen LogP contribution in [-0.4, -0.2) is 29.8 Å². The first-order valence-corrected chi connectivity index (χ1v) is 4.24. The standard InChI is InChI=1S/C8H13F2N3O/c1-14-3-2-11-4-7-5-13(6-12-7)8(9)10/h5-6,8,11H,2-4H2,1H3. The van der Waals surface area contributed by atoms with Gasteiger partial charge in [-0.25, -0.2) is 4.98 Å². The number of hydrogen-bond donors (Lipinski definition) is 1. The normalized spacial score (nSPS) is 11.1. The molecule has 0 saturated carbocycles. The molecule has 0 aromatic carbocycles. The van der Waals surface area contributed by atoms with Crippen molar-refractivity contribution in [3.8, 4) is 0 Å². The molecule has 1 N–H and O–H groups in total. The van der Waals surface area contributed by atoms with Gasteiger partial charge in [0.15, 0.2) is 0 Å². The molecule has 0 aliphatic carbocycles. The zero-order valence-electron chi connectivity index (χ0n) is 7.91. The van der Waals surface area contributed by atoms with E-state index in [1.165, 1.54) is 6.20 Å². The van der Waals surface area contributed by atoms with E-state index in [0.29, 0.717) is 25.4 Å². The lowest BCUT2D eigenvalue weighted by Crippen LogP contribution is -2.18. The van der Waals surface area contributed by atoms with E-state index in [1.54, 1.807) is 7.11 Å². The Hall–Kier alpha value is -1.01. The molecule has 0 aliphatic rings. The summed E-state index contributed by atoms with van der Waals surface area (Å²) in [4.78, 5) is 3.81. The lowest BCUT2D eigenvalue weighted by molar-refractivity contribution is 0.0700. The number of rotatable bonds is 6. The Morgan fingerprint density at radius 1 is 1.64 bits per heavy atom. The molecular weight excluding hydrogens is 192 g/mol. The van der Waals surface area contributed by atoms with Crippen molar-refractivity contribution in [1.29, 1.82) is 0 Å². The van der Waals surface area contributed by atoms with E-state index in [0.717, 1.165) is 10.9 Å². The Bertz CT molecular complexity index is 265. The van der Waals surface area contributed by atoms with Gasteiger partial charge in [0.1, 0.15) is 0 Å². The van der Waals surface area contributed by atoms with Crippen molar-refractivity contribution in [1.82, 2.24) is 14.9 Å². The number of nitrogens with one attached hydrogen (secondary N) is 1. The lowest BCUT2D eigenvalue weighted by atomic mass is 10.4. The summed E-state index contributed by atoms with van der Waals surface area (Å²) in [6.07, 6.45) is 2.45. The molecule has 14 heavy (non-hydrogen) atoms. The van der Waals surface area contributed by atoms with Crippen LogP contribution < -0.4 is 5.32 Å². The predicted octanol–water partition coefficient (Wildman–Crippen LogP) is 1.01. The molecule has 0 unspecified atom stereocenters.